The summed E-state index contributed by atoms with van der Waals surface area (Å²) in [5.74, 6) is 1.19. The SMILES string of the molecule is CC(C)=CCC[C@]1(C)[C@@H]2CC[C@@]1(C)C(=O)C2. The summed E-state index contributed by atoms with van der Waals surface area (Å²) in [6.45, 7) is 8.87. The molecule has 16 heavy (non-hydrogen) atoms. The van der Waals surface area contributed by atoms with Crippen molar-refractivity contribution in [2.45, 2.75) is 59.8 Å². The van der Waals surface area contributed by atoms with Gasteiger partial charge in [0, 0.05) is 11.8 Å². The van der Waals surface area contributed by atoms with E-state index in [0.717, 1.165) is 19.3 Å². The van der Waals surface area contributed by atoms with E-state index in [9.17, 15) is 4.79 Å². The summed E-state index contributed by atoms with van der Waals surface area (Å²) < 4.78 is 0. The lowest BCUT2D eigenvalue weighted by atomic mass is 9.66. The molecule has 1 heteroatoms. The summed E-state index contributed by atoms with van der Waals surface area (Å²) in [6.07, 6.45) is 7.89. The van der Waals surface area contributed by atoms with E-state index >= 15 is 0 Å². The lowest BCUT2D eigenvalue weighted by molar-refractivity contribution is -0.128. The van der Waals surface area contributed by atoms with Crippen molar-refractivity contribution in [1.82, 2.24) is 0 Å². The molecule has 0 saturated heterocycles. The molecule has 3 atom stereocenters. The Morgan fingerprint density at radius 2 is 2.12 bits per heavy atom. The van der Waals surface area contributed by atoms with Crippen molar-refractivity contribution in [3.05, 3.63) is 11.6 Å². The molecule has 0 aliphatic heterocycles. The largest absolute Gasteiger partial charge is 0.299 e. The molecule has 0 heterocycles. The lowest BCUT2D eigenvalue weighted by Crippen LogP contribution is -2.34. The van der Waals surface area contributed by atoms with Crippen LogP contribution in [0.4, 0.5) is 0 Å². The Morgan fingerprint density at radius 1 is 1.44 bits per heavy atom. The standard InChI is InChI=1S/C15H24O/c1-11(2)6-5-8-14(3)12-7-9-15(14,4)13(16)10-12/h6,12H,5,7-10H2,1-4H3/t12-,14-,15+/m1/s1. The van der Waals surface area contributed by atoms with E-state index in [2.05, 4.69) is 33.8 Å². The van der Waals surface area contributed by atoms with E-state index in [0.29, 0.717) is 11.7 Å². The van der Waals surface area contributed by atoms with Gasteiger partial charge in [0.15, 0.2) is 0 Å². The van der Waals surface area contributed by atoms with E-state index in [1.54, 1.807) is 0 Å². The fourth-order valence-electron chi connectivity index (χ4n) is 3.89. The summed E-state index contributed by atoms with van der Waals surface area (Å²) in [6, 6.07) is 0. The van der Waals surface area contributed by atoms with Gasteiger partial charge in [-0.05, 0) is 50.9 Å². The number of allylic oxidation sites excluding steroid dienone is 2. The molecule has 2 fully saturated rings. The molecule has 0 radical (unpaired) electrons. The van der Waals surface area contributed by atoms with Gasteiger partial charge >= 0.3 is 0 Å². The highest BCUT2D eigenvalue weighted by Gasteiger charge is 2.62. The molecule has 0 N–H and O–H groups in total. The summed E-state index contributed by atoms with van der Waals surface area (Å²) in [4.78, 5) is 12.1. The third kappa shape index (κ3) is 1.48. The average Bonchev–Trinajstić information content (AvgIpc) is 2.52. The molecule has 2 aliphatic rings. The molecule has 2 rings (SSSR count). The predicted molar refractivity (Wildman–Crippen MR) is 67.2 cm³/mol. The smallest absolute Gasteiger partial charge is 0.139 e. The zero-order valence-corrected chi connectivity index (χ0v) is 11.1. The van der Waals surface area contributed by atoms with Gasteiger partial charge in [-0.25, -0.2) is 0 Å². The topological polar surface area (TPSA) is 17.1 Å². The molecule has 0 unspecified atom stereocenters. The molecule has 0 spiro atoms. The highest BCUT2D eigenvalue weighted by atomic mass is 16.1. The fraction of sp³-hybridized carbons (Fsp3) is 0.800. The van der Waals surface area contributed by atoms with Gasteiger partial charge in [-0.2, -0.15) is 0 Å². The molecule has 2 aliphatic carbocycles. The number of rotatable bonds is 3. The first-order chi connectivity index (χ1) is 7.40. The van der Waals surface area contributed by atoms with Gasteiger partial charge in [0.05, 0.1) is 0 Å². The third-order valence-corrected chi connectivity index (χ3v) is 5.42. The molecule has 2 saturated carbocycles. The van der Waals surface area contributed by atoms with Crippen LogP contribution >= 0.6 is 0 Å². The number of hydrogen-bond acceptors (Lipinski definition) is 1. The van der Waals surface area contributed by atoms with Crippen LogP contribution < -0.4 is 0 Å². The van der Waals surface area contributed by atoms with Crippen LogP contribution in [0.1, 0.15) is 59.8 Å². The number of carbonyl (C=O) groups excluding carboxylic acids is 1. The fourth-order valence-corrected chi connectivity index (χ4v) is 3.89. The maximum atomic E-state index is 12.1. The van der Waals surface area contributed by atoms with Gasteiger partial charge in [0.1, 0.15) is 5.78 Å². The van der Waals surface area contributed by atoms with Crippen LogP contribution in [0.25, 0.3) is 0 Å². The highest BCUT2D eigenvalue weighted by Crippen LogP contribution is 2.65. The van der Waals surface area contributed by atoms with Crippen molar-refractivity contribution in [2.24, 2.45) is 16.7 Å². The minimum atomic E-state index is -0.00679. The second-order valence-corrected chi connectivity index (χ2v) is 6.43. The molecule has 0 amide bonds. The van der Waals surface area contributed by atoms with Crippen molar-refractivity contribution in [3.8, 4) is 0 Å². The Morgan fingerprint density at radius 3 is 2.56 bits per heavy atom. The number of fused-ring (bicyclic) bond motifs is 2. The van der Waals surface area contributed by atoms with Gasteiger partial charge in [0.25, 0.3) is 0 Å². The first-order valence-electron chi connectivity index (χ1n) is 6.57. The van der Waals surface area contributed by atoms with Crippen LogP contribution in [0.15, 0.2) is 11.6 Å². The van der Waals surface area contributed by atoms with Crippen LogP contribution in [0.2, 0.25) is 0 Å². The minimum absolute atomic E-state index is 0.00679. The van der Waals surface area contributed by atoms with Crippen LogP contribution in [-0.2, 0) is 4.79 Å². The highest BCUT2D eigenvalue weighted by molar-refractivity contribution is 5.89. The number of carbonyl (C=O) groups is 1. The van der Waals surface area contributed by atoms with Crippen molar-refractivity contribution in [3.63, 3.8) is 0 Å². The average molecular weight is 220 g/mol. The second kappa shape index (κ2) is 3.72. The zero-order valence-electron chi connectivity index (χ0n) is 11.1. The molecular formula is C15H24O. The van der Waals surface area contributed by atoms with Gasteiger partial charge in [-0.1, -0.05) is 25.5 Å². The van der Waals surface area contributed by atoms with E-state index in [4.69, 9.17) is 0 Å². The summed E-state index contributed by atoms with van der Waals surface area (Å²) in [5, 5.41) is 0. The van der Waals surface area contributed by atoms with Gasteiger partial charge in [0.2, 0.25) is 0 Å². The number of hydrogen-bond donors (Lipinski definition) is 0. The first-order valence-corrected chi connectivity index (χ1v) is 6.57. The van der Waals surface area contributed by atoms with Crippen LogP contribution in [-0.4, -0.2) is 5.78 Å². The van der Waals surface area contributed by atoms with Crippen LogP contribution in [0, 0.1) is 16.7 Å². The van der Waals surface area contributed by atoms with Crippen molar-refractivity contribution < 1.29 is 4.79 Å². The second-order valence-electron chi connectivity index (χ2n) is 6.43. The van der Waals surface area contributed by atoms with Gasteiger partial charge in [-0.15, -0.1) is 0 Å². The zero-order chi connectivity index (χ0) is 12.0. The predicted octanol–water partition coefficient (Wildman–Crippen LogP) is 4.13. The Balaban J connectivity index is 2.13. The van der Waals surface area contributed by atoms with Gasteiger partial charge in [-0.3, -0.25) is 4.79 Å². The molecule has 0 aromatic rings. The molecule has 1 nitrogen and oxygen atoms in total. The quantitative estimate of drug-likeness (QED) is 0.654. The molecule has 90 valence electrons. The maximum absolute atomic E-state index is 12.1. The molecule has 0 aromatic carbocycles. The third-order valence-electron chi connectivity index (χ3n) is 5.42. The summed E-state index contributed by atoms with van der Waals surface area (Å²) >= 11 is 0. The Bertz CT molecular complexity index is 337. The van der Waals surface area contributed by atoms with Crippen molar-refractivity contribution in [1.29, 1.82) is 0 Å². The van der Waals surface area contributed by atoms with Crippen molar-refractivity contribution in [2.75, 3.05) is 0 Å². The Labute approximate surface area is 99.3 Å². The van der Waals surface area contributed by atoms with E-state index in [1.807, 2.05) is 0 Å². The monoisotopic (exact) mass is 220 g/mol. The maximum Gasteiger partial charge on any atom is 0.139 e. The van der Waals surface area contributed by atoms with Crippen LogP contribution in [0.5, 0.6) is 0 Å². The Kier molecular flexibility index (Phi) is 2.76. The minimum Gasteiger partial charge on any atom is -0.299 e. The summed E-state index contributed by atoms with van der Waals surface area (Å²) in [5.41, 5.74) is 1.66. The van der Waals surface area contributed by atoms with Crippen LogP contribution in [0.3, 0.4) is 0 Å². The first kappa shape index (κ1) is 11.9. The Hall–Kier alpha value is -0.590. The molecule has 0 aromatic heterocycles. The normalized spacial score (nSPS) is 41.5. The van der Waals surface area contributed by atoms with E-state index in [-0.39, 0.29) is 10.8 Å². The van der Waals surface area contributed by atoms with E-state index < -0.39 is 0 Å². The molecular weight excluding hydrogens is 196 g/mol. The van der Waals surface area contributed by atoms with E-state index in [1.165, 1.54) is 18.4 Å². The molecule has 2 bridgehead atoms. The van der Waals surface area contributed by atoms with Crippen molar-refractivity contribution >= 4 is 5.78 Å². The number of Topliss-reactive ketones (excluding diaryl/α,β-unsaturated/α-hetero) is 1. The number of ketones is 1. The summed E-state index contributed by atoms with van der Waals surface area (Å²) in [7, 11) is 0. The lowest BCUT2D eigenvalue weighted by Gasteiger charge is -2.36. The van der Waals surface area contributed by atoms with Gasteiger partial charge < -0.3 is 0 Å².